The van der Waals surface area contributed by atoms with Crippen LogP contribution in [0.5, 0.6) is 0 Å². The lowest BCUT2D eigenvalue weighted by atomic mass is 10.1. The lowest BCUT2D eigenvalue weighted by Gasteiger charge is -2.02. The summed E-state index contributed by atoms with van der Waals surface area (Å²) in [7, 11) is 0. The maximum Gasteiger partial charge on any atom is 0.209 e. The van der Waals surface area contributed by atoms with Crippen molar-refractivity contribution in [2.24, 2.45) is 0 Å². The molecule has 2 rings (SSSR count). The highest BCUT2D eigenvalue weighted by atomic mass is 32.1. The molecule has 0 radical (unpaired) electrons. The number of hydrogen-bond donors (Lipinski definition) is 0. The predicted octanol–water partition coefficient (Wildman–Crippen LogP) is 3.00. The van der Waals surface area contributed by atoms with Gasteiger partial charge in [0.05, 0.1) is 11.3 Å². The molecule has 6 heteroatoms. The SMILES string of the molecule is CCCc1nnsc1C(=O)c1cccc(F)c1F. The molecule has 0 amide bonds. The van der Waals surface area contributed by atoms with Crippen molar-refractivity contribution in [2.45, 2.75) is 19.8 Å². The maximum absolute atomic E-state index is 13.5. The Bertz CT molecular complexity index is 583. The minimum atomic E-state index is -1.13. The summed E-state index contributed by atoms with van der Waals surface area (Å²) in [4.78, 5) is 12.4. The number of nitrogens with zero attached hydrogens (tertiary/aromatic N) is 2. The van der Waals surface area contributed by atoms with E-state index in [1.807, 2.05) is 6.92 Å². The first-order chi connectivity index (χ1) is 8.65. The molecular formula is C12H10F2N2OS. The summed E-state index contributed by atoms with van der Waals surface area (Å²) in [6, 6.07) is 3.54. The second-order valence-corrected chi connectivity index (χ2v) is 4.48. The summed E-state index contributed by atoms with van der Waals surface area (Å²) in [5, 5.41) is 3.84. The summed E-state index contributed by atoms with van der Waals surface area (Å²) in [6.07, 6.45) is 1.39. The number of halogens is 2. The Labute approximate surface area is 107 Å². The van der Waals surface area contributed by atoms with Crippen molar-refractivity contribution in [1.82, 2.24) is 9.59 Å². The van der Waals surface area contributed by atoms with Crippen LogP contribution in [0.4, 0.5) is 8.78 Å². The second kappa shape index (κ2) is 5.30. The first-order valence-corrected chi connectivity index (χ1v) is 6.22. The Morgan fingerprint density at radius 2 is 2.17 bits per heavy atom. The zero-order valence-corrected chi connectivity index (χ0v) is 10.4. The standard InChI is InChI=1S/C12H10F2N2OS/c1-2-4-9-12(18-16-15-9)11(17)7-5-3-6-8(13)10(7)14/h3,5-6H,2,4H2,1H3. The Balaban J connectivity index is 2.42. The van der Waals surface area contributed by atoms with Gasteiger partial charge in [-0.3, -0.25) is 4.79 Å². The van der Waals surface area contributed by atoms with Gasteiger partial charge in [-0.1, -0.05) is 23.9 Å². The highest BCUT2D eigenvalue weighted by Crippen LogP contribution is 2.20. The molecule has 3 nitrogen and oxygen atoms in total. The van der Waals surface area contributed by atoms with E-state index in [-0.39, 0.29) is 10.4 Å². The van der Waals surface area contributed by atoms with Gasteiger partial charge in [0.1, 0.15) is 4.88 Å². The Morgan fingerprint density at radius 1 is 1.39 bits per heavy atom. The third kappa shape index (κ3) is 2.28. The third-order valence-electron chi connectivity index (χ3n) is 2.45. The molecule has 0 unspecified atom stereocenters. The van der Waals surface area contributed by atoms with Crippen molar-refractivity contribution in [1.29, 1.82) is 0 Å². The summed E-state index contributed by atoms with van der Waals surface area (Å²) in [5.74, 6) is -2.72. The van der Waals surface area contributed by atoms with Gasteiger partial charge in [0, 0.05) is 0 Å². The van der Waals surface area contributed by atoms with Crippen LogP contribution in [0.1, 0.15) is 34.3 Å². The van der Waals surface area contributed by atoms with Crippen molar-refractivity contribution in [2.75, 3.05) is 0 Å². The average molecular weight is 268 g/mol. The van der Waals surface area contributed by atoms with Crippen LogP contribution >= 0.6 is 11.5 Å². The van der Waals surface area contributed by atoms with E-state index >= 15 is 0 Å². The molecule has 2 aromatic rings. The quantitative estimate of drug-likeness (QED) is 0.800. The van der Waals surface area contributed by atoms with E-state index < -0.39 is 17.4 Å². The highest BCUT2D eigenvalue weighted by molar-refractivity contribution is 7.08. The smallest absolute Gasteiger partial charge is 0.209 e. The Kier molecular flexibility index (Phi) is 3.76. The second-order valence-electron chi connectivity index (χ2n) is 3.73. The van der Waals surface area contributed by atoms with Crippen molar-refractivity contribution >= 4 is 17.3 Å². The van der Waals surface area contributed by atoms with Crippen LogP contribution in [0.25, 0.3) is 0 Å². The Hall–Kier alpha value is -1.69. The molecule has 0 aliphatic carbocycles. The lowest BCUT2D eigenvalue weighted by Crippen LogP contribution is -2.06. The van der Waals surface area contributed by atoms with Crippen LogP contribution in [0.2, 0.25) is 0 Å². The normalized spacial score (nSPS) is 10.6. The number of rotatable bonds is 4. The van der Waals surface area contributed by atoms with Crippen molar-refractivity contribution < 1.29 is 13.6 Å². The number of carbonyl (C=O) groups is 1. The highest BCUT2D eigenvalue weighted by Gasteiger charge is 2.21. The molecule has 0 bridgehead atoms. The van der Waals surface area contributed by atoms with Gasteiger partial charge in [-0.2, -0.15) is 0 Å². The summed E-state index contributed by atoms with van der Waals surface area (Å²) >= 11 is 0.907. The number of carbonyl (C=O) groups excluding carboxylic acids is 1. The molecule has 0 saturated carbocycles. The summed E-state index contributed by atoms with van der Waals surface area (Å²) < 4.78 is 30.3. The van der Waals surface area contributed by atoms with E-state index in [0.29, 0.717) is 12.1 Å². The lowest BCUT2D eigenvalue weighted by molar-refractivity contribution is 0.103. The van der Waals surface area contributed by atoms with Crippen LogP contribution in [0.3, 0.4) is 0 Å². The predicted molar refractivity (Wildman–Crippen MR) is 63.7 cm³/mol. The maximum atomic E-state index is 13.5. The number of benzene rings is 1. The number of aromatic nitrogens is 2. The molecule has 0 aliphatic rings. The zero-order chi connectivity index (χ0) is 13.1. The fourth-order valence-corrected chi connectivity index (χ4v) is 2.25. The molecular weight excluding hydrogens is 258 g/mol. The van der Waals surface area contributed by atoms with Gasteiger partial charge in [0.15, 0.2) is 11.6 Å². The van der Waals surface area contributed by atoms with Crippen molar-refractivity contribution in [3.63, 3.8) is 0 Å². The summed E-state index contributed by atoms with van der Waals surface area (Å²) in [5.41, 5.74) is 0.259. The van der Waals surface area contributed by atoms with Gasteiger partial charge in [0.2, 0.25) is 5.78 Å². The molecule has 1 aromatic carbocycles. The molecule has 18 heavy (non-hydrogen) atoms. The van der Waals surface area contributed by atoms with E-state index in [4.69, 9.17) is 0 Å². The first-order valence-electron chi connectivity index (χ1n) is 5.45. The van der Waals surface area contributed by atoms with Crippen LogP contribution in [0, 0.1) is 11.6 Å². The molecule has 1 aromatic heterocycles. The van der Waals surface area contributed by atoms with E-state index in [1.165, 1.54) is 12.1 Å². The minimum absolute atomic E-state index is 0.279. The molecule has 0 saturated heterocycles. The topological polar surface area (TPSA) is 42.9 Å². The largest absolute Gasteiger partial charge is 0.287 e. The fraction of sp³-hybridized carbons (Fsp3) is 0.250. The zero-order valence-electron chi connectivity index (χ0n) is 9.61. The van der Waals surface area contributed by atoms with Gasteiger partial charge in [0.25, 0.3) is 0 Å². The summed E-state index contributed by atoms with van der Waals surface area (Å²) in [6.45, 7) is 1.94. The number of aryl methyl sites for hydroxylation is 1. The van der Waals surface area contributed by atoms with E-state index in [9.17, 15) is 13.6 Å². The van der Waals surface area contributed by atoms with Crippen molar-refractivity contribution in [3.05, 3.63) is 46.0 Å². The number of ketones is 1. The minimum Gasteiger partial charge on any atom is -0.287 e. The van der Waals surface area contributed by atoms with Gasteiger partial charge < -0.3 is 0 Å². The van der Waals surface area contributed by atoms with Gasteiger partial charge in [-0.25, -0.2) is 8.78 Å². The molecule has 0 atom stereocenters. The monoisotopic (exact) mass is 268 g/mol. The van der Waals surface area contributed by atoms with Crippen LogP contribution in [-0.4, -0.2) is 15.4 Å². The fourth-order valence-electron chi connectivity index (χ4n) is 1.58. The molecule has 1 heterocycles. The molecule has 0 aliphatic heterocycles. The molecule has 0 spiro atoms. The first kappa shape index (κ1) is 12.8. The average Bonchev–Trinajstić information content (AvgIpc) is 2.80. The van der Waals surface area contributed by atoms with Gasteiger partial charge >= 0.3 is 0 Å². The van der Waals surface area contributed by atoms with Crippen molar-refractivity contribution in [3.8, 4) is 0 Å². The van der Waals surface area contributed by atoms with Crippen LogP contribution in [-0.2, 0) is 6.42 Å². The van der Waals surface area contributed by atoms with Crippen LogP contribution in [0.15, 0.2) is 18.2 Å². The Morgan fingerprint density at radius 3 is 2.89 bits per heavy atom. The van der Waals surface area contributed by atoms with E-state index in [2.05, 4.69) is 9.59 Å². The van der Waals surface area contributed by atoms with Crippen LogP contribution < -0.4 is 0 Å². The van der Waals surface area contributed by atoms with E-state index in [1.54, 1.807) is 0 Å². The van der Waals surface area contributed by atoms with Gasteiger partial charge in [-0.05, 0) is 30.1 Å². The molecule has 94 valence electrons. The van der Waals surface area contributed by atoms with E-state index in [0.717, 1.165) is 24.0 Å². The number of hydrogen-bond acceptors (Lipinski definition) is 4. The third-order valence-corrected chi connectivity index (χ3v) is 3.21. The van der Waals surface area contributed by atoms with Gasteiger partial charge in [-0.15, -0.1) is 5.10 Å². The molecule has 0 fully saturated rings. The molecule has 0 N–H and O–H groups in total.